The van der Waals surface area contributed by atoms with Crippen LogP contribution in [0.4, 0.5) is 4.39 Å². The molecule has 2 aromatic rings. The van der Waals surface area contributed by atoms with Gasteiger partial charge in [0.25, 0.3) is 0 Å². The van der Waals surface area contributed by atoms with Crippen LogP contribution in [0.3, 0.4) is 0 Å². The van der Waals surface area contributed by atoms with Crippen LogP contribution in [-0.4, -0.2) is 27.5 Å². The van der Waals surface area contributed by atoms with Gasteiger partial charge in [-0.3, -0.25) is 4.90 Å². The summed E-state index contributed by atoms with van der Waals surface area (Å²) >= 11 is 0. The Balaban J connectivity index is 1.50. The zero-order valence-corrected chi connectivity index (χ0v) is 13.2. The molecule has 0 amide bonds. The molecular weight excluding hydrogens is 277 g/mol. The third kappa shape index (κ3) is 3.74. The second kappa shape index (κ2) is 7.05. The van der Waals surface area contributed by atoms with Crippen molar-refractivity contribution in [3.05, 3.63) is 53.9 Å². The fraction of sp³-hybridized carbons (Fsp3) is 0.500. The minimum Gasteiger partial charge on any atom is -0.335 e. The predicted octanol–water partition coefficient (Wildman–Crippen LogP) is 3.50. The molecule has 0 radical (unpaired) electrons. The van der Waals surface area contributed by atoms with Crippen LogP contribution in [0.15, 0.2) is 36.7 Å². The van der Waals surface area contributed by atoms with Gasteiger partial charge in [-0.15, -0.1) is 0 Å². The van der Waals surface area contributed by atoms with Crippen molar-refractivity contribution in [1.29, 1.82) is 0 Å². The molecule has 0 bridgehead atoms. The topological polar surface area (TPSA) is 21.1 Å². The average molecular weight is 301 g/mol. The minimum atomic E-state index is -0.139. The predicted molar refractivity (Wildman–Crippen MR) is 86.0 cm³/mol. The van der Waals surface area contributed by atoms with Crippen molar-refractivity contribution in [2.75, 3.05) is 13.1 Å². The van der Waals surface area contributed by atoms with E-state index in [2.05, 4.69) is 27.6 Å². The maximum atomic E-state index is 13.2. The first-order valence-electron chi connectivity index (χ1n) is 8.21. The molecule has 0 aliphatic carbocycles. The Labute approximate surface area is 131 Å². The van der Waals surface area contributed by atoms with Crippen LogP contribution in [0, 0.1) is 11.7 Å². The zero-order chi connectivity index (χ0) is 15.4. The molecule has 1 aliphatic rings. The number of likely N-dealkylation sites (tertiary alicyclic amines) is 1. The van der Waals surface area contributed by atoms with Crippen molar-refractivity contribution in [2.45, 2.75) is 39.3 Å². The van der Waals surface area contributed by atoms with Crippen LogP contribution in [-0.2, 0) is 19.5 Å². The highest BCUT2D eigenvalue weighted by Crippen LogP contribution is 2.21. The first-order chi connectivity index (χ1) is 10.7. The highest BCUT2D eigenvalue weighted by Gasteiger charge is 2.20. The molecule has 4 heteroatoms. The molecule has 0 unspecified atom stereocenters. The number of aryl methyl sites for hydroxylation is 1. The highest BCUT2D eigenvalue weighted by molar-refractivity contribution is 5.16. The molecule has 3 nitrogen and oxygen atoms in total. The molecule has 0 spiro atoms. The third-order valence-electron chi connectivity index (χ3n) is 4.58. The summed E-state index contributed by atoms with van der Waals surface area (Å²) in [5.41, 5.74) is 1.07. The van der Waals surface area contributed by atoms with Gasteiger partial charge in [0.2, 0.25) is 0 Å². The lowest BCUT2D eigenvalue weighted by Crippen LogP contribution is -2.34. The van der Waals surface area contributed by atoms with Gasteiger partial charge in [0.05, 0.1) is 0 Å². The molecule has 1 saturated heterocycles. The van der Waals surface area contributed by atoms with Crippen LogP contribution < -0.4 is 0 Å². The monoisotopic (exact) mass is 301 g/mol. The standard InChI is InChI=1S/C18H24FN3/c1-2-18-20-8-11-22(18)14-15-6-9-21(10-7-15)13-16-4-3-5-17(19)12-16/h3-5,8,11-12,15H,2,6-7,9-10,13-14H2,1H3. The molecule has 1 fully saturated rings. The lowest BCUT2D eigenvalue weighted by molar-refractivity contribution is 0.166. The number of benzene rings is 1. The maximum absolute atomic E-state index is 13.2. The van der Waals surface area contributed by atoms with Gasteiger partial charge >= 0.3 is 0 Å². The van der Waals surface area contributed by atoms with E-state index < -0.39 is 0 Å². The van der Waals surface area contributed by atoms with E-state index in [9.17, 15) is 4.39 Å². The van der Waals surface area contributed by atoms with Gasteiger partial charge in [0.15, 0.2) is 0 Å². The first-order valence-corrected chi connectivity index (χ1v) is 8.21. The van der Waals surface area contributed by atoms with E-state index in [1.807, 2.05) is 12.3 Å². The van der Waals surface area contributed by atoms with Crippen LogP contribution in [0.25, 0.3) is 0 Å². The van der Waals surface area contributed by atoms with E-state index in [1.165, 1.54) is 24.7 Å². The molecule has 0 saturated carbocycles. The fourth-order valence-corrected chi connectivity index (χ4v) is 3.32. The lowest BCUT2D eigenvalue weighted by Gasteiger charge is -2.32. The molecule has 1 aromatic heterocycles. The van der Waals surface area contributed by atoms with Crippen LogP contribution >= 0.6 is 0 Å². The van der Waals surface area contributed by atoms with Crippen molar-refractivity contribution in [3.63, 3.8) is 0 Å². The Kier molecular flexibility index (Phi) is 4.88. The number of halogens is 1. The summed E-state index contributed by atoms with van der Waals surface area (Å²) in [5.74, 6) is 1.77. The number of hydrogen-bond donors (Lipinski definition) is 0. The van der Waals surface area contributed by atoms with Crippen LogP contribution in [0.5, 0.6) is 0 Å². The highest BCUT2D eigenvalue weighted by atomic mass is 19.1. The van der Waals surface area contributed by atoms with Gasteiger partial charge in [-0.25, -0.2) is 9.37 Å². The van der Waals surface area contributed by atoms with Crippen LogP contribution in [0.2, 0.25) is 0 Å². The molecule has 3 rings (SSSR count). The second-order valence-electron chi connectivity index (χ2n) is 6.20. The molecule has 0 N–H and O–H groups in total. The van der Waals surface area contributed by atoms with Gasteiger partial charge in [-0.2, -0.15) is 0 Å². The van der Waals surface area contributed by atoms with Gasteiger partial charge in [0.1, 0.15) is 11.6 Å². The van der Waals surface area contributed by atoms with Gasteiger partial charge < -0.3 is 4.57 Å². The molecule has 1 aromatic carbocycles. The third-order valence-corrected chi connectivity index (χ3v) is 4.58. The maximum Gasteiger partial charge on any atom is 0.123 e. The normalized spacial score (nSPS) is 17.0. The molecular formula is C18H24FN3. The zero-order valence-electron chi connectivity index (χ0n) is 13.2. The fourth-order valence-electron chi connectivity index (χ4n) is 3.32. The van der Waals surface area contributed by atoms with Crippen molar-refractivity contribution in [3.8, 4) is 0 Å². The second-order valence-corrected chi connectivity index (χ2v) is 6.20. The lowest BCUT2D eigenvalue weighted by atomic mass is 9.96. The molecule has 1 aliphatic heterocycles. The average Bonchev–Trinajstić information content (AvgIpc) is 2.96. The van der Waals surface area contributed by atoms with E-state index in [0.717, 1.165) is 44.1 Å². The number of piperidine rings is 1. The van der Waals surface area contributed by atoms with Crippen LogP contribution in [0.1, 0.15) is 31.2 Å². The van der Waals surface area contributed by atoms with Gasteiger partial charge in [-0.05, 0) is 49.5 Å². The molecule has 2 heterocycles. The summed E-state index contributed by atoms with van der Waals surface area (Å²) < 4.78 is 15.5. The summed E-state index contributed by atoms with van der Waals surface area (Å²) in [6, 6.07) is 6.95. The van der Waals surface area contributed by atoms with Crippen molar-refractivity contribution >= 4 is 0 Å². The quantitative estimate of drug-likeness (QED) is 0.843. The number of aromatic nitrogens is 2. The summed E-state index contributed by atoms with van der Waals surface area (Å²) in [7, 11) is 0. The van der Waals surface area contributed by atoms with Crippen molar-refractivity contribution in [2.24, 2.45) is 5.92 Å². The first kappa shape index (κ1) is 15.2. The van der Waals surface area contributed by atoms with E-state index in [-0.39, 0.29) is 5.82 Å². The minimum absolute atomic E-state index is 0.139. The van der Waals surface area contributed by atoms with E-state index >= 15 is 0 Å². The van der Waals surface area contributed by atoms with Gasteiger partial charge in [-0.1, -0.05) is 19.1 Å². The Morgan fingerprint density at radius 2 is 2.09 bits per heavy atom. The number of nitrogens with zero attached hydrogens (tertiary/aromatic N) is 3. The summed E-state index contributed by atoms with van der Waals surface area (Å²) in [5, 5.41) is 0. The summed E-state index contributed by atoms with van der Waals surface area (Å²) in [6.45, 7) is 6.28. The number of rotatable bonds is 5. The molecule has 22 heavy (non-hydrogen) atoms. The Morgan fingerprint density at radius 3 is 2.82 bits per heavy atom. The smallest absolute Gasteiger partial charge is 0.123 e. The van der Waals surface area contributed by atoms with E-state index in [0.29, 0.717) is 0 Å². The Morgan fingerprint density at radius 1 is 1.27 bits per heavy atom. The van der Waals surface area contributed by atoms with Crippen molar-refractivity contribution in [1.82, 2.24) is 14.5 Å². The Hall–Kier alpha value is -1.68. The summed E-state index contributed by atoms with van der Waals surface area (Å²) in [6.07, 6.45) is 7.40. The SMILES string of the molecule is CCc1nccn1CC1CCN(Cc2cccc(F)c2)CC1. The van der Waals surface area contributed by atoms with Crippen molar-refractivity contribution < 1.29 is 4.39 Å². The number of imidazole rings is 1. The van der Waals surface area contributed by atoms with E-state index in [4.69, 9.17) is 0 Å². The van der Waals surface area contributed by atoms with E-state index in [1.54, 1.807) is 12.1 Å². The molecule has 118 valence electrons. The van der Waals surface area contributed by atoms with Gasteiger partial charge in [0, 0.05) is 31.9 Å². The largest absolute Gasteiger partial charge is 0.335 e. The summed E-state index contributed by atoms with van der Waals surface area (Å²) in [4.78, 5) is 6.83. The Bertz CT molecular complexity index is 600. The number of hydrogen-bond acceptors (Lipinski definition) is 2. The molecule has 0 atom stereocenters.